The van der Waals surface area contributed by atoms with Crippen LogP contribution in [0.1, 0.15) is 31.2 Å². The molecule has 0 spiro atoms. The minimum absolute atomic E-state index is 0.187. The Balaban J connectivity index is 1.66. The second kappa shape index (κ2) is 10.3. The van der Waals surface area contributed by atoms with Crippen molar-refractivity contribution in [2.24, 2.45) is 4.99 Å². The Bertz CT molecular complexity index is 1750. The predicted octanol–water partition coefficient (Wildman–Crippen LogP) is 6.02. The molecule has 10 heteroatoms. The number of halogens is 3. The number of esters is 1. The summed E-state index contributed by atoms with van der Waals surface area (Å²) in [6.07, 6.45) is 1.64. The van der Waals surface area contributed by atoms with E-state index in [1.54, 1.807) is 74.5 Å². The molecule has 0 aliphatic carbocycles. The first kappa shape index (κ1) is 25.5. The smallest absolute Gasteiger partial charge is 0.338 e. The number of nitrogens with zero attached hydrogens (tertiary/aromatic N) is 2. The average Bonchev–Trinajstić information content (AvgIpc) is 3.45. The molecular weight excluding hydrogens is 555 g/mol. The molecule has 0 unspecified atom stereocenters. The summed E-state index contributed by atoms with van der Waals surface area (Å²) in [7, 11) is 0. The second-order valence-electron chi connectivity index (χ2n) is 8.15. The first-order valence-electron chi connectivity index (χ1n) is 11.3. The van der Waals surface area contributed by atoms with Gasteiger partial charge in [-0.3, -0.25) is 9.36 Å². The number of hydrogen-bond acceptors (Lipinski definition) is 6. The molecule has 1 atom stereocenters. The number of hydrogen-bond donors (Lipinski definition) is 0. The zero-order valence-corrected chi connectivity index (χ0v) is 22.7. The van der Waals surface area contributed by atoms with Crippen molar-refractivity contribution in [3.63, 3.8) is 0 Å². The number of aromatic nitrogens is 1. The topological polar surface area (TPSA) is 73.8 Å². The standard InChI is InChI=1S/C27H19Cl3N2O4S/c1-3-35-26(34)23-14(2)31-27-32(24(23)17-6-4-5-7-19(17)29)25(33)22(37-27)13-16-9-11-21(36-16)18-12-15(28)8-10-20(18)30/h4-13,24H,3H2,1-2H3/b22-13-/t24-/m1/s1. The highest BCUT2D eigenvalue weighted by Crippen LogP contribution is 2.35. The van der Waals surface area contributed by atoms with Crippen molar-refractivity contribution in [1.82, 2.24) is 4.57 Å². The van der Waals surface area contributed by atoms with Gasteiger partial charge in [-0.1, -0.05) is 64.3 Å². The van der Waals surface area contributed by atoms with Crippen LogP contribution < -0.4 is 14.9 Å². The third-order valence-corrected chi connectivity index (χ3v) is 7.70. The van der Waals surface area contributed by atoms with Crippen LogP contribution in [0.2, 0.25) is 15.1 Å². The summed E-state index contributed by atoms with van der Waals surface area (Å²) in [6, 6.07) is 14.9. The number of thiazole rings is 1. The van der Waals surface area contributed by atoms with Crippen LogP contribution in [-0.4, -0.2) is 17.1 Å². The molecule has 5 rings (SSSR count). The van der Waals surface area contributed by atoms with Crippen molar-refractivity contribution in [2.75, 3.05) is 6.61 Å². The molecule has 0 saturated heterocycles. The van der Waals surface area contributed by atoms with Gasteiger partial charge in [0, 0.05) is 21.7 Å². The molecule has 6 nitrogen and oxygen atoms in total. The molecule has 0 saturated carbocycles. The van der Waals surface area contributed by atoms with Gasteiger partial charge in [0.2, 0.25) is 0 Å². The van der Waals surface area contributed by atoms with E-state index in [0.29, 0.717) is 52.7 Å². The third-order valence-electron chi connectivity index (χ3n) is 5.81. The number of furan rings is 1. The fraction of sp³-hybridized carbons (Fsp3) is 0.148. The molecule has 0 radical (unpaired) electrons. The number of allylic oxidation sites excluding steroid dienone is 1. The predicted molar refractivity (Wildman–Crippen MR) is 146 cm³/mol. The highest BCUT2D eigenvalue weighted by atomic mass is 35.5. The van der Waals surface area contributed by atoms with Crippen molar-refractivity contribution in [1.29, 1.82) is 0 Å². The molecule has 0 N–H and O–H groups in total. The van der Waals surface area contributed by atoms with Crippen molar-refractivity contribution < 1.29 is 13.9 Å². The van der Waals surface area contributed by atoms with Crippen LogP contribution >= 0.6 is 46.1 Å². The van der Waals surface area contributed by atoms with Crippen molar-refractivity contribution in [2.45, 2.75) is 19.9 Å². The lowest BCUT2D eigenvalue weighted by atomic mass is 9.96. The van der Waals surface area contributed by atoms with Gasteiger partial charge in [0.05, 0.1) is 27.4 Å². The normalized spacial score (nSPS) is 15.5. The van der Waals surface area contributed by atoms with E-state index in [2.05, 4.69) is 4.99 Å². The summed E-state index contributed by atoms with van der Waals surface area (Å²) in [4.78, 5) is 31.7. The van der Waals surface area contributed by atoms with Gasteiger partial charge in [-0.15, -0.1) is 0 Å². The summed E-state index contributed by atoms with van der Waals surface area (Å²) in [6.45, 7) is 3.63. The highest BCUT2D eigenvalue weighted by molar-refractivity contribution is 7.07. The Hall–Kier alpha value is -3.10. The number of carbonyl (C=O) groups is 1. The van der Waals surface area contributed by atoms with Gasteiger partial charge in [-0.05, 0) is 55.8 Å². The lowest BCUT2D eigenvalue weighted by Gasteiger charge is -2.25. The van der Waals surface area contributed by atoms with E-state index in [1.165, 1.54) is 15.9 Å². The van der Waals surface area contributed by atoms with Crippen LogP contribution in [0, 0.1) is 0 Å². The van der Waals surface area contributed by atoms with Gasteiger partial charge in [0.1, 0.15) is 17.6 Å². The molecule has 2 aromatic heterocycles. The number of ether oxygens (including phenoxy) is 1. The van der Waals surface area contributed by atoms with Crippen LogP contribution in [0.4, 0.5) is 0 Å². The van der Waals surface area contributed by atoms with Gasteiger partial charge in [-0.25, -0.2) is 9.79 Å². The zero-order chi connectivity index (χ0) is 26.3. The maximum Gasteiger partial charge on any atom is 0.338 e. The van der Waals surface area contributed by atoms with Gasteiger partial charge in [0.15, 0.2) is 4.80 Å². The zero-order valence-electron chi connectivity index (χ0n) is 19.6. The lowest BCUT2D eigenvalue weighted by molar-refractivity contribution is -0.139. The quantitative estimate of drug-likeness (QED) is 0.274. The molecule has 188 valence electrons. The Morgan fingerprint density at radius 1 is 1.14 bits per heavy atom. The largest absolute Gasteiger partial charge is 0.463 e. The van der Waals surface area contributed by atoms with Gasteiger partial charge < -0.3 is 9.15 Å². The van der Waals surface area contributed by atoms with Gasteiger partial charge in [0.25, 0.3) is 5.56 Å². The summed E-state index contributed by atoms with van der Waals surface area (Å²) in [5, 5.41) is 1.44. The molecular formula is C27H19Cl3N2O4S. The molecule has 37 heavy (non-hydrogen) atoms. The summed E-state index contributed by atoms with van der Waals surface area (Å²) >= 11 is 20.2. The Labute approximate surface area is 230 Å². The number of rotatable bonds is 5. The maximum atomic E-state index is 13.7. The van der Waals surface area contributed by atoms with E-state index < -0.39 is 12.0 Å². The van der Waals surface area contributed by atoms with E-state index in [-0.39, 0.29) is 17.7 Å². The van der Waals surface area contributed by atoms with Crippen LogP contribution in [0.15, 0.2) is 80.1 Å². The Kier molecular flexibility index (Phi) is 7.14. The Morgan fingerprint density at radius 3 is 2.68 bits per heavy atom. The van der Waals surface area contributed by atoms with Crippen LogP contribution in [0.5, 0.6) is 0 Å². The van der Waals surface area contributed by atoms with E-state index >= 15 is 0 Å². The van der Waals surface area contributed by atoms with Crippen LogP contribution in [0.25, 0.3) is 17.4 Å². The summed E-state index contributed by atoms with van der Waals surface area (Å²) in [5.74, 6) is 0.421. The summed E-state index contributed by atoms with van der Waals surface area (Å²) < 4.78 is 13.1. The molecule has 0 amide bonds. The minimum Gasteiger partial charge on any atom is -0.463 e. The van der Waals surface area contributed by atoms with E-state index in [9.17, 15) is 9.59 Å². The van der Waals surface area contributed by atoms with E-state index in [4.69, 9.17) is 44.0 Å². The first-order valence-corrected chi connectivity index (χ1v) is 13.2. The molecule has 1 aliphatic heterocycles. The lowest BCUT2D eigenvalue weighted by Crippen LogP contribution is -2.40. The second-order valence-corrected chi connectivity index (χ2v) is 10.4. The fourth-order valence-electron chi connectivity index (χ4n) is 4.17. The van der Waals surface area contributed by atoms with Crippen molar-refractivity contribution in [3.05, 3.63) is 112 Å². The van der Waals surface area contributed by atoms with Crippen molar-refractivity contribution >= 4 is 58.2 Å². The molecule has 0 fully saturated rings. The van der Waals surface area contributed by atoms with Gasteiger partial charge in [-0.2, -0.15) is 0 Å². The number of benzene rings is 2. The Morgan fingerprint density at radius 2 is 1.92 bits per heavy atom. The maximum absolute atomic E-state index is 13.7. The fourth-order valence-corrected chi connectivity index (χ4v) is 5.82. The molecule has 4 aromatic rings. The molecule has 3 heterocycles. The van der Waals surface area contributed by atoms with E-state index in [0.717, 1.165) is 0 Å². The van der Waals surface area contributed by atoms with Gasteiger partial charge >= 0.3 is 5.97 Å². The minimum atomic E-state index is -0.788. The number of carbonyl (C=O) groups excluding carboxylic acids is 1. The van der Waals surface area contributed by atoms with Crippen LogP contribution in [-0.2, 0) is 9.53 Å². The monoisotopic (exact) mass is 572 g/mol. The number of fused-ring (bicyclic) bond motifs is 1. The highest BCUT2D eigenvalue weighted by Gasteiger charge is 2.34. The van der Waals surface area contributed by atoms with Crippen LogP contribution in [0.3, 0.4) is 0 Å². The van der Waals surface area contributed by atoms with E-state index in [1.807, 2.05) is 0 Å². The molecule has 0 bridgehead atoms. The third kappa shape index (κ3) is 4.80. The SMILES string of the molecule is CCOC(=O)C1=C(C)N=c2s/c(=C\c3ccc(-c4cc(Cl)ccc4Cl)o3)c(=O)n2[C@@H]1c1ccccc1Cl. The average molecular weight is 574 g/mol. The molecule has 1 aliphatic rings. The molecule has 2 aromatic carbocycles. The summed E-state index contributed by atoms with van der Waals surface area (Å²) in [5.41, 5.74) is 1.65. The first-order chi connectivity index (χ1) is 17.8. The van der Waals surface area contributed by atoms with Crippen molar-refractivity contribution in [3.8, 4) is 11.3 Å².